The average molecular weight is 223 g/mol. The smallest absolute Gasteiger partial charge is 0.233 e. The van der Waals surface area contributed by atoms with E-state index in [1.807, 2.05) is 6.07 Å². The standard InChI is InChI=1S/C12H21N3O/c13-8-5-9-14-12(16)10-15-11-6-3-1-2-4-7-11/h11,15H,1-7,9-10H2,(H,14,16). The van der Waals surface area contributed by atoms with E-state index < -0.39 is 0 Å². The zero-order valence-electron chi connectivity index (χ0n) is 9.80. The predicted octanol–water partition coefficient (Wildman–Crippen LogP) is 1.33. The minimum Gasteiger partial charge on any atom is -0.354 e. The monoisotopic (exact) mass is 223 g/mol. The lowest BCUT2D eigenvalue weighted by molar-refractivity contribution is -0.120. The van der Waals surface area contributed by atoms with E-state index >= 15 is 0 Å². The third-order valence-electron chi connectivity index (χ3n) is 2.97. The van der Waals surface area contributed by atoms with Gasteiger partial charge in [0, 0.05) is 12.6 Å². The number of nitrogens with zero attached hydrogens (tertiary/aromatic N) is 1. The summed E-state index contributed by atoms with van der Waals surface area (Å²) in [7, 11) is 0. The Bertz CT molecular complexity index is 239. The zero-order valence-corrected chi connectivity index (χ0v) is 9.80. The quantitative estimate of drug-likeness (QED) is 0.546. The van der Waals surface area contributed by atoms with E-state index in [9.17, 15) is 4.79 Å². The molecule has 1 saturated carbocycles. The Morgan fingerprint density at radius 3 is 2.56 bits per heavy atom. The topological polar surface area (TPSA) is 64.9 Å². The highest BCUT2D eigenvalue weighted by atomic mass is 16.1. The van der Waals surface area contributed by atoms with Gasteiger partial charge in [0.05, 0.1) is 19.0 Å². The first-order chi connectivity index (χ1) is 7.83. The van der Waals surface area contributed by atoms with Gasteiger partial charge in [-0.2, -0.15) is 5.26 Å². The molecule has 1 aliphatic rings. The first-order valence-corrected chi connectivity index (χ1v) is 6.20. The molecule has 4 nitrogen and oxygen atoms in total. The van der Waals surface area contributed by atoms with Gasteiger partial charge in [-0.3, -0.25) is 4.79 Å². The molecule has 0 bridgehead atoms. The van der Waals surface area contributed by atoms with Crippen molar-refractivity contribution in [3.05, 3.63) is 0 Å². The summed E-state index contributed by atoms with van der Waals surface area (Å²) in [5.74, 6) is -0.000466. The molecule has 0 heterocycles. The second kappa shape index (κ2) is 8.12. The molecule has 4 heteroatoms. The maximum atomic E-state index is 11.4. The van der Waals surface area contributed by atoms with E-state index in [4.69, 9.17) is 5.26 Å². The number of carbonyl (C=O) groups is 1. The van der Waals surface area contributed by atoms with Gasteiger partial charge in [-0.25, -0.2) is 0 Å². The van der Waals surface area contributed by atoms with E-state index in [0.29, 0.717) is 25.6 Å². The Kier molecular flexibility index (Phi) is 6.59. The molecule has 1 amide bonds. The van der Waals surface area contributed by atoms with Crippen LogP contribution in [0.25, 0.3) is 0 Å². The molecule has 16 heavy (non-hydrogen) atoms. The van der Waals surface area contributed by atoms with Crippen molar-refractivity contribution in [2.75, 3.05) is 13.1 Å². The van der Waals surface area contributed by atoms with E-state index in [2.05, 4.69) is 10.6 Å². The summed E-state index contributed by atoms with van der Waals surface area (Å²) >= 11 is 0. The molecule has 0 saturated heterocycles. The Hall–Kier alpha value is -1.08. The largest absolute Gasteiger partial charge is 0.354 e. The van der Waals surface area contributed by atoms with Gasteiger partial charge in [0.25, 0.3) is 0 Å². The third-order valence-corrected chi connectivity index (χ3v) is 2.97. The highest BCUT2D eigenvalue weighted by Gasteiger charge is 2.12. The molecule has 0 atom stereocenters. The van der Waals surface area contributed by atoms with Crippen molar-refractivity contribution in [1.82, 2.24) is 10.6 Å². The van der Waals surface area contributed by atoms with Crippen molar-refractivity contribution in [3.63, 3.8) is 0 Å². The van der Waals surface area contributed by atoms with Crippen LogP contribution in [-0.4, -0.2) is 25.0 Å². The molecular formula is C12H21N3O. The summed E-state index contributed by atoms with van der Waals surface area (Å²) < 4.78 is 0. The summed E-state index contributed by atoms with van der Waals surface area (Å²) in [4.78, 5) is 11.4. The summed E-state index contributed by atoms with van der Waals surface area (Å²) in [5, 5.41) is 14.3. The molecule has 0 radical (unpaired) electrons. The second-order valence-electron chi connectivity index (χ2n) is 4.33. The summed E-state index contributed by atoms with van der Waals surface area (Å²) in [6.07, 6.45) is 7.95. The minimum absolute atomic E-state index is 0.000466. The fourth-order valence-electron chi connectivity index (χ4n) is 2.04. The molecule has 0 aromatic heterocycles. The summed E-state index contributed by atoms with van der Waals surface area (Å²) in [5.41, 5.74) is 0. The molecule has 0 aromatic carbocycles. The lowest BCUT2D eigenvalue weighted by atomic mass is 10.1. The fourth-order valence-corrected chi connectivity index (χ4v) is 2.04. The van der Waals surface area contributed by atoms with Crippen LogP contribution in [-0.2, 0) is 4.79 Å². The molecule has 2 N–H and O–H groups in total. The van der Waals surface area contributed by atoms with Crippen LogP contribution < -0.4 is 10.6 Å². The number of hydrogen-bond donors (Lipinski definition) is 2. The van der Waals surface area contributed by atoms with Crippen LogP contribution in [0, 0.1) is 11.3 Å². The Morgan fingerprint density at radius 1 is 1.25 bits per heavy atom. The molecule has 0 unspecified atom stereocenters. The van der Waals surface area contributed by atoms with Crippen LogP contribution >= 0.6 is 0 Å². The summed E-state index contributed by atoms with van der Waals surface area (Å²) in [6, 6.07) is 2.51. The van der Waals surface area contributed by atoms with E-state index in [-0.39, 0.29) is 5.91 Å². The number of hydrogen-bond acceptors (Lipinski definition) is 3. The maximum absolute atomic E-state index is 11.4. The average Bonchev–Trinajstić information content (AvgIpc) is 2.55. The van der Waals surface area contributed by atoms with Gasteiger partial charge in [-0.05, 0) is 12.8 Å². The second-order valence-corrected chi connectivity index (χ2v) is 4.33. The van der Waals surface area contributed by atoms with Gasteiger partial charge in [0.15, 0.2) is 0 Å². The highest BCUT2D eigenvalue weighted by Crippen LogP contribution is 2.16. The molecule has 1 aliphatic carbocycles. The molecular weight excluding hydrogens is 202 g/mol. The highest BCUT2D eigenvalue weighted by molar-refractivity contribution is 5.77. The van der Waals surface area contributed by atoms with Crippen molar-refractivity contribution in [2.24, 2.45) is 0 Å². The van der Waals surface area contributed by atoms with Crippen LogP contribution in [0.3, 0.4) is 0 Å². The normalized spacial score (nSPS) is 17.4. The van der Waals surface area contributed by atoms with E-state index in [1.165, 1.54) is 38.5 Å². The van der Waals surface area contributed by atoms with Crippen LogP contribution in [0.15, 0.2) is 0 Å². The van der Waals surface area contributed by atoms with E-state index in [0.717, 1.165) is 0 Å². The lowest BCUT2D eigenvalue weighted by Crippen LogP contribution is -2.39. The van der Waals surface area contributed by atoms with Crippen LogP contribution in [0.4, 0.5) is 0 Å². The van der Waals surface area contributed by atoms with Crippen molar-refractivity contribution >= 4 is 5.91 Å². The molecule has 1 rings (SSSR count). The third kappa shape index (κ3) is 5.72. The number of carbonyl (C=O) groups excluding carboxylic acids is 1. The number of rotatable bonds is 5. The van der Waals surface area contributed by atoms with Crippen molar-refractivity contribution in [1.29, 1.82) is 5.26 Å². The van der Waals surface area contributed by atoms with E-state index in [1.54, 1.807) is 0 Å². The fraction of sp³-hybridized carbons (Fsp3) is 0.833. The summed E-state index contributed by atoms with van der Waals surface area (Å²) in [6.45, 7) is 0.845. The Balaban J connectivity index is 2.08. The van der Waals surface area contributed by atoms with Crippen LogP contribution in [0.5, 0.6) is 0 Å². The van der Waals surface area contributed by atoms with Gasteiger partial charge >= 0.3 is 0 Å². The maximum Gasteiger partial charge on any atom is 0.233 e. The van der Waals surface area contributed by atoms with Crippen molar-refractivity contribution in [3.8, 4) is 6.07 Å². The van der Waals surface area contributed by atoms with Gasteiger partial charge in [-0.1, -0.05) is 25.7 Å². The minimum atomic E-state index is -0.000466. The van der Waals surface area contributed by atoms with Crippen LogP contribution in [0.1, 0.15) is 44.9 Å². The predicted molar refractivity (Wildman–Crippen MR) is 62.7 cm³/mol. The van der Waals surface area contributed by atoms with Crippen molar-refractivity contribution < 1.29 is 4.79 Å². The lowest BCUT2D eigenvalue weighted by Gasteiger charge is -2.15. The number of nitrogens with one attached hydrogen (secondary N) is 2. The van der Waals surface area contributed by atoms with Crippen molar-refractivity contribution in [2.45, 2.75) is 51.0 Å². The number of amides is 1. The molecule has 90 valence electrons. The molecule has 0 aliphatic heterocycles. The Morgan fingerprint density at radius 2 is 1.94 bits per heavy atom. The first kappa shape index (κ1) is 13.0. The molecule has 0 spiro atoms. The SMILES string of the molecule is N#CCCNC(=O)CNC1CCCCCC1. The van der Waals surface area contributed by atoms with Gasteiger partial charge in [0.2, 0.25) is 5.91 Å². The zero-order chi connectivity index (χ0) is 11.6. The Labute approximate surface area is 97.4 Å². The number of nitriles is 1. The first-order valence-electron chi connectivity index (χ1n) is 6.20. The van der Waals surface area contributed by atoms with Gasteiger partial charge in [0.1, 0.15) is 0 Å². The van der Waals surface area contributed by atoms with Crippen LogP contribution in [0.2, 0.25) is 0 Å². The van der Waals surface area contributed by atoms with Gasteiger partial charge in [-0.15, -0.1) is 0 Å². The molecule has 1 fully saturated rings. The van der Waals surface area contributed by atoms with Gasteiger partial charge < -0.3 is 10.6 Å². The molecule has 0 aromatic rings.